The highest BCUT2D eigenvalue weighted by Gasteiger charge is 2.60. The second-order valence-electron chi connectivity index (χ2n) is 5.86. The second kappa shape index (κ2) is 3.53. The molecule has 1 aliphatic carbocycles. The molecule has 0 spiro atoms. The van der Waals surface area contributed by atoms with Crippen molar-refractivity contribution in [3.05, 3.63) is 12.2 Å². The van der Waals surface area contributed by atoms with Crippen molar-refractivity contribution in [3.8, 4) is 0 Å². The first-order chi connectivity index (χ1) is 7.78. The third-order valence-corrected chi connectivity index (χ3v) is 4.00. The van der Waals surface area contributed by atoms with Gasteiger partial charge in [-0.2, -0.15) is 5.10 Å². The van der Waals surface area contributed by atoms with Crippen LogP contribution in [0.2, 0.25) is 0 Å². The zero-order chi connectivity index (χ0) is 12.8. The van der Waals surface area contributed by atoms with Crippen LogP contribution in [0.4, 0.5) is 0 Å². The maximum atomic E-state index is 11.9. The number of hydrogen-bond donors (Lipinski definition) is 3. The lowest BCUT2D eigenvalue weighted by Gasteiger charge is -2.62. The van der Waals surface area contributed by atoms with Crippen molar-refractivity contribution < 1.29 is 4.79 Å². The summed E-state index contributed by atoms with van der Waals surface area (Å²) < 4.78 is 0. The summed E-state index contributed by atoms with van der Waals surface area (Å²) in [4.78, 5) is 15.7. The third kappa shape index (κ3) is 1.63. The number of nitrogens with two attached hydrogens (primary N) is 1. The number of aromatic nitrogens is 3. The first-order valence-corrected chi connectivity index (χ1v) is 5.69. The SMILES string of the molecule is CC1(C)C(N)C(C)(C)C1NC(=O)c1ncn[nH]1. The number of carbonyl (C=O) groups excluding carboxylic acids is 1. The number of H-pyrrole nitrogens is 1. The molecule has 1 amide bonds. The Bertz CT molecular complexity index is 407. The Balaban J connectivity index is 2.12. The van der Waals surface area contributed by atoms with E-state index in [1.165, 1.54) is 6.33 Å². The molecule has 4 N–H and O–H groups in total. The molecule has 0 saturated heterocycles. The summed E-state index contributed by atoms with van der Waals surface area (Å²) in [7, 11) is 0. The van der Waals surface area contributed by atoms with E-state index >= 15 is 0 Å². The molecule has 1 aromatic rings. The second-order valence-corrected chi connectivity index (χ2v) is 5.86. The average molecular weight is 237 g/mol. The van der Waals surface area contributed by atoms with Crippen molar-refractivity contribution in [3.63, 3.8) is 0 Å². The van der Waals surface area contributed by atoms with E-state index in [0.29, 0.717) is 0 Å². The molecule has 1 aliphatic rings. The lowest BCUT2D eigenvalue weighted by molar-refractivity contribution is -0.0664. The molecule has 6 nitrogen and oxygen atoms in total. The van der Waals surface area contributed by atoms with Gasteiger partial charge in [0.2, 0.25) is 5.82 Å². The van der Waals surface area contributed by atoms with Gasteiger partial charge in [0.1, 0.15) is 6.33 Å². The van der Waals surface area contributed by atoms with Gasteiger partial charge in [-0.15, -0.1) is 0 Å². The fourth-order valence-corrected chi connectivity index (χ4v) is 3.07. The fraction of sp³-hybridized carbons (Fsp3) is 0.727. The molecule has 2 rings (SSSR count). The molecular formula is C11H19N5O. The molecule has 0 atom stereocenters. The summed E-state index contributed by atoms with van der Waals surface area (Å²) >= 11 is 0. The molecule has 0 aromatic carbocycles. The topological polar surface area (TPSA) is 96.7 Å². The normalized spacial score (nSPS) is 29.5. The zero-order valence-electron chi connectivity index (χ0n) is 10.6. The summed E-state index contributed by atoms with van der Waals surface area (Å²) in [5, 5.41) is 9.19. The van der Waals surface area contributed by atoms with Gasteiger partial charge in [-0.05, 0) is 0 Å². The Morgan fingerprint density at radius 2 is 2.00 bits per heavy atom. The van der Waals surface area contributed by atoms with Gasteiger partial charge in [-0.25, -0.2) is 4.98 Å². The lowest BCUT2D eigenvalue weighted by atomic mass is 9.48. The van der Waals surface area contributed by atoms with Crippen LogP contribution in [0.25, 0.3) is 0 Å². The maximum Gasteiger partial charge on any atom is 0.288 e. The van der Waals surface area contributed by atoms with Crippen molar-refractivity contribution in [2.24, 2.45) is 16.6 Å². The number of aromatic amines is 1. The van der Waals surface area contributed by atoms with Gasteiger partial charge in [0.25, 0.3) is 5.91 Å². The minimum absolute atomic E-state index is 0.0302. The number of rotatable bonds is 2. The third-order valence-electron chi connectivity index (χ3n) is 4.00. The predicted molar refractivity (Wildman–Crippen MR) is 63.2 cm³/mol. The van der Waals surface area contributed by atoms with Crippen molar-refractivity contribution >= 4 is 5.91 Å². The zero-order valence-corrected chi connectivity index (χ0v) is 10.6. The van der Waals surface area contributed by atoms with Crippen molar-refractivity contribution in [1.29, 1.82) is 0 Å². The first-order valence-electron chi connectivity index (χ1n) is 5.69. The molecule has 6 heteroatoms. The van der Waals surface area contributed by atoms with Gasteiger partial charge in [0.15, 0.2) is 0 Å². The minimum atomic E-state index is -0.236. The van der Waals surface area contributed by atoms with E-state index in [9.17, 15) is 4.79 Å². The summed E-state index contributed by atoms with van der Waals surface area (Å²) in [5.41, 5.74) is 5.91. The van der Waals surface area contributed by atoms with Crippen molar-refractivity contribution in [2.45, 2.75) is 39.8 Å². The molecule has 17 heavy (non-hydrogen) atoms. The van der Waals surface area contributed by atoms with E-state index in [0.717, 1.165) is 0 Å². The highest BCUT2D eigenvalue weighted by molar-refractivity contribution is 5.90. The van der Waals surface area contributed by atoms with Crippen LogP contribution in [0.5, 0.6) is 0 Å². The Hall–Kier alpha value is -1.43. The summed E-state index contributed by atoms with van der Waals surface area (Å²) in [6, 6.07) is 0.0950. The monoisotopic (exact) mass is 237 g/mol. The molecule has 1 fully saturated rings. The highest BCUT2D eigenvalue weighted by Crippen LogP contribution is 2.52. The maximum absolute atomic E-state index is 11.9. The molecule has 0 bridgehead atoms. The molecule has 1 heterocycles. The molecular weight excluding hydrogens is 218 g/mol. The van der Waals surface area contributed by atoms with E-state index in [2.05, 4.69) is 48.2 Å². The molecule has 94 valence electrons. The fourth-order valence-electron chi connectivity index (χ4n) is 3.07. The van der Waals surface area contributed by atoms with Crippen LogP contribution < -0.4 is 11.1 Å². The van der Waals surface area contributed by atoms with Gasteiger partial charge in [0.05, 0.1) is 0 Å². The smallest absolute Gasteiger partial charge is 0.288 e. The summed E-state index contributed by atoms with van der Waals surface area (Å²) in [6.45, 7) is 8.25. The van der Waals surface area contributed by atoms with Gasteiger partial charge in [-0.3, -0.25) is 9.89 Å². The van der Waals surface area contributed by atoms with Gasteiger partial charge in [0, 0.05) is 22.9 Å². The van der Waals surface area contributed by atoms with Crippen LogP contribution in [0.1, 0.15) is 38.3 Å². The minimum Gasteiger partial charge on any atom is -0.345 e. The average Bonchev–Trinajstić information content (AvgIpc) is 2.77. The van der Waals surface area contributed by atoms with Crippen LogP contribution in [0.15, 0.2) is 6.33 Å². The van der Waals surface area contributed by atoms with Crippen LogP contribution in [-0.2, 0) is 0 Å². The van der Waals surface area contributed by atoms with E-state index in [1.807, 2.05) is 0 Å². The van der Waals surface area contributed by atoms with Crippen LogP contribution in [0, 0.1) is 10.8 Å². The Labute approximate surface area is 100 Å². The van der Waals surface area contributed by atoms with E-state index < -0.39 is 0 Å². The lowest BCUT2D eigenvalue weighted by Crippen LogP contribution is -2.76. The molecule has 0 aliphatic heterocycles. The number of hydrogen-bond acceptors (Lipinski definition) is 4. The Kier molecular flexibility index (Phi) is 2.50. The molecule has 1 saturated carbocycles. The van der Waals surface area contributed by atoms with E-state index in [-0.39, 0.29) is 34.6 Å². The molecule has 0 unspecified atom stereocenters. The van der Waals surface area contributed by atoms with Crippen LogP contribution in [-0.4, -0.2) is 33.2 Å². The van der Waals surface area contributed by atoms with Gasteiger partial charge < -0.3 is 11.1 Å². The first kappa shape index (κ1) is 12.0. The Morgan fingerprint density at radius 1 is 1.41 bits per heavy atom. The van der Waals surface area contributed by atoms with E-state index in [1.54, 1.807) is 0 Å². The quantitative estimate of drug-likeness (QED) is 0.689. The molecule has 1 aromatic heterocycles. The number of carbonyl (C=O) groups is 1. The van der Waals surface area contributed by atoms with Crippen molar-refractivity contribution in [2.75, 3.05) is 0 Å². The van der Waals surface area contributed by atoms with Crippen LogP contribution in [0.3, 0.4) is 0 Å². The highest BCUT2D eigenvalue weighted by atomic mass is 16.2. The van der Waals surface area contributed by atoms with E-state index in [4.69, 9.17) is 5.73 Å². The van der Waals surface area contributed by atoms with Gasteiger partial charge in [-0.1, -0.05) is 27.7 Å². The number of amides is 1. The largest absolute Gasteiger partial charge is 0.345 e. The Morgan fingerprint density at radius 3 is 2.47 bits per heavy atom. The standard InChI is InChI=1S/C11H19N5O/c1-10(2)8(12)11(3,4)9(10)15-7(17)6-13-5-14-16-6/h5,8-9H,12H2,1-4H3,(H,15,17)(H,13,14,16). The number of nitrogens with zero attached hydrogens (tertiary/aromatic N) is 2. The van der Waals surface area contributed by atoms with Gasteiger partial charge >= 0.3 is 0 Å². The summed E-state index contributed by atoms with van der Waals surface area (Å²) in [5.74, 6) is -0.00220. The predicted octanol–water partition coefficient (Wildman–Crippen LogP) is 0.296. The van der Waals surface area contributed by atoms with Crippen LogP contribution >= 0.6 is 0 Å². The van der Waals surface area contributed by atoms with Crippen molar-refractivity contribution in [1.82, 2.24) is 20.5 Å². The summed E-state index contributed by atoms with van der Waals surface area (Å²) in [6.07, 6.45) is 1.32. The molecule has 0 radical (unpaired) electrons. The number of nitrogens with one attached hydrogen (secondary N) is 2.